The van der Waals surface area contributed by atoms with Gasteiger partial charge in [-0.1, -0.05) is 55.0 Å². The molecule has 1 N–H and O–H groups in total. The molecule has 10 heteroatoms. The highest BCUT2D eigenvalue weighted by atomic mass is 32.2. The minimum Gasteiger partial charge on any atom is -0.493 e. The molecule has 0 aliphatic heterocycles. The summed E-state index contributed by atoms with van der Waals surface area (Å²) in [5, 5.41) is 2.62. The van der Waals surface area contributed by atoms with Crippen LogP contribution in [0.15, 0.2) is 77.7 Å². The first-order valence-electron chi connectivity index (χ1n) is 12.5. The van der Waals surface area contributed by atoms with Crippen LogP contribution in [-0.4, -0.2) is 59.0 Å². The Bertz CT molecular complexity index is 1380. The molecule has 0 aliphatic rings. The third-order valence-corrected chi connectivity index (χ3v) is 8.16. The largest absolute Gasteiger partial charge is 0.493 e. The number of ether oxygens (including phenoxy) is 2. The molecule has 9 nitrogen and oxygen atoms in total. The normalized spacial score (nSPS) is 11.8. The number of anilines is 1. The van der Waals surface area contributed by atoms with E-state index in [1.807, 2.05) is 37.3 Å². The second-order valence-corrected chi connectivity index (χ2v) is 10.8. The SMILES string of the molecule is CC[C@@H](C(=O)NC)N(Cc1ccccc1)C(=O)CN(c1ccc(OC)c(OC)c1)S(=O)(=O)c1ccc(C)cc1. The lowest BCUT2D eigenvalue weighted by Gasteiger charge is -2.33. The van der Waals surface area contributed by atoms with Crippen LogP contribution in [0.3, 0.4) is 0 Å². The van der Waals surface area contributed by atoms with Crippen LogP contribution >= 0.6 is 0 Å². The number of sulfonamides is 1. The van der Waals surface area contributed by atoms with Crippen LogP contribution in [0.25, 0.3) is 0 Å². The first-order chi connectivity index (χ1) is 18.7. The van der Waals surface area contributed by atoms with E-state index in [1.165, 1.54) is 44.4 Å². The maximum absolute atomic E-state index is 13.9. The van der Waals surface area contributed by atoms with Crippen LogP contribution in [0.1, 0.15) is 24.5 Å². The average Bonchev–Trinajstić information content (AvgIpc) is 2.95. The number of amides is 2. The van der Waals surface area contributed by atoms with E-state index >= 15 is 0 Å². The van der Waals surface area contributed by atoms with Crippen LogP contribution in [-0.2, 0) is 26.2 Å². The lowest BCUT2D eigenvalue weighted by atomic mass is 10.1. The maximum atomic E-state index is 13.9. The quantitative estimate of drug-likeness (QED) is 0.366. The molecule has 0 unspecified atom stereocenters. The molecule has 0 saturated carbocycles. The van der Waals surface area contributed by atoms with Crippen molar-refractivity contribution >= 4 is 27.5 Å². The topological polar surface area (TPSA) is 105 Å². The van der Waals surface area contributed by atoms with Crippen LogP contribution in [0, 0.1) is 6.92 Å². The number of carbonyl (C=O) groups is 2. The number of carbonyl (C=O) groups excluding carboxylic acids is 2. The number of likely N-dealkylation sites (N-methyl/N-ethyl adjacent to an activating group) is 1. The molecule has 0 radical (unpaired) electrons. The second-order valence-electron chi connectivity index (χ2n) is 8.91. The predicted molar refractivity (Wildman–Crippen MR) is 150 cm³/mol. The minimum absolute atomic E-state index is 0.0311. The number of nitrogens with zero attached hydrogens (tertiary/aromatic N) is 2. The maximum Gasteiger partial charge on any atom is 0.264 e. The Labute approximate surface area is 230 Å². The molecule has 2 amide bonds. The van der Waals surface area contributed by atoms with E-state index in [9.17, 15) is 18.0 Å². The molecule has 0 aliphatic carbocycles. The molecule has 208 valence electrons. The zero-order valence-corrected chi connectivity index (χ0v) is 23.7. The Hall–Kier alpha value is -4.05. The number of hydrogen-bond acceptors (Lipinski definition) is 6. The van der Waals surface area contributed by atoms with Gasteiger partial charge >= 0.3 is 0 Å². The molecular weight excluding hydrogens is 518 g/mol. The minimum atomic E-state index is -4.19. The first-order valence-corrected chi connectivity index (χ1v) is 14.0. The summed E-state index contributed by atoms with van der Waals surface area (Å²) in [4.78, 5) is 28.2. The van der Waals surface area contributed by atoms with Crippen molar-refractivity contribution in [2.45, 2.75) is 37.8 Å². The van der Waals surface area contributed by atoms with Gasteiger partial charge < -0.3 is 19.7 Å². The van der Waals surface area contributed by atoms with Gasteiger partial charge in [0.15, 0.2) is 11.5 Å². The fourth-order valence-electron chi connectivity index (χ4n) is 4.21. The highest BCUT2D eigenvalue weighted by Gasteiger charge is 2.33. The van der Waals surface area contributed by atoms with E-state index in [2.05, 4.69) is 5.32 Å². The van der Waals surface area contributed by atoms with E-state index in [1.54, 1.807) is 31.2 Å². The summed E-state index contributed by atoms with van der Waals surface area (Å²) < 4.78 is 39.6. The fraction of sp³-hybridized carbons (Fsp3) is 0.310. The van der Waals surface area contributed by atoms with Crippen molar-refractivity contribution in [1.82, 2.24) is 10.2 Å². The molecule has 0 bridgehead atoms. The molecule has 1 atom stereocenters. The lowest BCUT2D eigenvalue weighted by molar-refractivity contribution is -0.140. The summed E-state index contributed by atoms with van der Waals surface area (Å²) in [6.45, 7) is 3.26. The van der Waals surface area contributed by atoms with E-state index in [0.29, 0.717) is 17.9 Å². The van der Waals surface area contributed by atoms with E-state index < -0.39 is 28.5 Å². The summed E-state index contributed by atoms with van der Waals surface area (Å²) in [6, 6.07) is 19.5. The average molecular weight is 554 g/mol. The molecule has 0 spiro atoms. The number of methoxy groups -OCH3 is 2. The van der Waals surface area contributed by atoms with Crippen molar-refractivity contribution in [3.63, 3.8) is 0 Å². The molecule has 0 aromatic heterocycles. The van der Waals surface area contributed by atoms with Gasteiger partial charge in [0, 0.05) is 19.7 Å². The van der Waals surface area contributed by atoms with Gasteiger partial charge in [0.05, 0.1) is 24.8 Å². The van der Waals surface area contributed by atoms with Crippen molar-refractivity contribution in [2.24, 2.45) is 0 Å². The summed E-state index contributed by atoms with van der Waals surface area (Å²) >= 11 is 0. The number of benzene rings is 3. The summed E-state index contributed by atoms with van der Waals surface area (Å²) in [6.07, 6.45) is 0.347. The van der Waals surface area contributed by atoms with Gasteiger partial charge in [0.2, 0.25) is 11.8 Å². The van der Waals surface area contributed by atoms with Gasteiger partial charge in [-0.25, -0.2) is 8.42 Å². The van der Waals surface area contributed by atoms with Crippen molar-refractivity contribution in [3.8, 4) is 11.5 Å². The molecule has 3 aromatic rings. The van der Waals surface area contributed by atoms with E-state index in [0.717, 1.165) is 15.4 Å². The summed E-state index contributed by atoms with van der Waals surface area (Å²) in [5.41, 5.74) is 1.93. The van der Waals surface area contributed by atoms with Gasteiger partial charge in [-0.2, -0.15) is 0 Å². The highest BCUT2D eigenvalue weighted by Crippen LogP contribution is 2.34. The van der Waals surface area contributed by atoms with Crippen LogP contribution in [0.2, 0.25) is 0 Å². The van der Waals surface area contributed by atoms with Crippen LogP contribution in [0.4, 0.5) is 5.69 Å². The Morgan fingerprint density at radius 3 is 2.13 bits per heavy atom. The van der Waals surface area contributed by atoms with E-state index in [-0.39, 0.29) is 23.0 Å². The van der Waals surface area contributed by atoms with Gasteiger partial charge in [-0.05, 0) is 43.2 Å². The molecule has 0 saturated heterocycles. The van der Waals surface area contributed by atoms with Gasteiger partial charge in [0.25, 0.3) is 10.0 Å². The van der Waals surface area contributed by atoms with E-state index in [4.69, 9.17) is 9.47 Å². The third-order valence-electron chi connectivity index (χ3n) is 6.37. The molecule has 0 fully saturated rings. The molecule has 0 heterocycles. The summed E-state index contributed by atoms with van der Waals surface area (Å²) in [5.74, 6) is -0.137. The van der Waals surface area contributed by atoms with Gasteiger partial charge in [0.1, 0.15) is 12.6 Å². The first kappa shape index (κ1) is 29.5. The molecule has 39 heavy (non-hydrogen) atoms. The second kappa shape index (κ2) is 13.1. The van der Waals surface area contributed by atoms with Gasteiger partial charge in [-0.3, -0.25) is 13.9 Å². The molecule has 3 rings (SSSR count). The predicted octanol–water partition coefficient (Wildman–Crippen LogP) is 3.76. The number of nitrogens with one attached hydrogen (secondary N) is 1. The fourth-order valence-corrected chi connectivity index (χ4v) is 5.62. The lowest BCUT2D eigenvalue weighted by Crippen LogP contribution is -2.51. The zero-order chi connectivity index (χ0) is 28.6. The van der Waals surface area contributed by atoms with Crippen LogP contribution < -0.4 is 19.1 Å². The standard InChI is InChI=1S/C29H35N3O6S/c1-6-25(29(34)30-3)31(19-22-10-8-7-9-11-22)28(33)20-32(23-14-17-26(37-4)27(18-23)38-5)39(35,36)24-15-12-21(2)13-16-24/h7-18,25H,6,19-20H2,1-5H3,(H,30,34)/t25-/m0/s1. The monoisotopic (exact) mass is 553 g/mol. The molecule has 3 aromatic carbocycles. The number of rotatable bonds is 12. The number of aryl methyl sites for hydroxylation is 1. The van der Waals surface area contributed by atoms with Crippen molar-refractivity contribution in [3.05, 3.63) is 83.9 Å². The smallest absolute Gasteiger partial charge is 0.264 e. The Morgan fingerprint density at radius 2 is 1.56 bits per heavy atom. The highest BCUT2D eigenvalue weighted by molar-refractivity contribution is 7.92. The van der Waals surface area contributed by atoms with Crippen LogP contribution in [0.5, 0.6) is 11.5 Å². The zero-order valence-electron chi connectivity index (χ0n) is 22.9. The third kappa shape index (κ3) is 6.88. The Balaban J connectivity index is 2.11. The number of hydrogen-bond donors (Lipinski definition) is 1. The van der Waals surface area contributed by atoms with Crippen molar-refractivity contribution in [2.75, 3.05) is 32.1 Å². The van der Waals surface area contributed by atoms with Gasteiger partial charge in [-0.15, -0.1) is 0 Å². The van der Waals surface area contributed by atoms with Crippen molar-refractivity contribution in [1.29, 1.82) is 0 Å². The molecular formula is C29H35N3O6S. The Kier molecular flexibility index (Phi) is 9.95. The summed E-state index contributed by atoms with van der Waals surface area (Å²) in [7, 11) is 0.248. The Morgan fingerprint density at radius 1 is 0.923 bits per heavy atom. The van der Waals surface area contributed by atoms with Crippen molar-refractivity contribution < 1.29 is 27.5 Å².